The lowest BCUT2D eigenvalue weighted by Gasteiger charge is -2.33. The van der Waals surface area contributed by atoms with Gasteiger partial charge in [0, 0.05) is 29.3 Å². The second-order valence-electron chi connectivity index (χ2n) is 10.9. The maximum Gasteiger partial charge on any atom is 0.273 e. The Kier molecular flexibility index (Phi) is 10.1. The smallest absolute Gasteiger partial charge is 0.273 e. The van der Waals surface area contributed by atoms with E-state index in [1.165, 1.54) is 75.6 Å². The molecule has 13 heteroatoms. The third-order valence-corrected chi connectivity index (χ3v) is 8.34. The van der Waals surface area contributed by atoms with Crippen molar-refractivity contribution >= 4 is 33.2 Å². The molecular formula is C30H35FN4O7S. The average Bonchev–Trinajstić information content (AvgIpc) is 2.94. The number of rotatable bonds is 11. The zero-order valence-electron chi connectivity index (χ0n) is 24.8. The fourth-order valence-corrected chi connectivity index (χ4v) is 5.65. The Morgan fingerprint density at radius 3 is 2.26 bits per heavy atom. The van der Waals surface area contributed by atoms with Crippen molar-refractivity contribution in [3.8, 4) is 5.75 Å². The van der Waals surface area contributed by atoms with Gasteiger partial charge in [0.2, 0.25) is 11.8 Å². The number of halogens is 1. The normalized spacial score (nSPS) is 12.3. The van der Waals surface area contributed by atoms with Crippen LogP contribution in [0.25, 0.3) is 0 Å². The van der Waals surface area contributed by atoms with Gasteiger partial charge in [-0.25, -0.2) is 12.8 Å². The van der Waals surface area contributed by atoms with Crippen LogP contribution in [0.2, 0.25) is 0 Å². The van der Waals surface area contributed by atoms with Crippen molar-refractivity contribution in [2.24, 2.45) is 0 Å². The number of aryl methyl sites for hydroxylation is 1. The third kappa shape index (κ3) is 8.07. The monoisotopic (exact) mass is 614 g/mol. The molecule has 3 aromatic carbocycles. The molecule has 0 bridgehead atoms. The standard InChI is InChI=1S/C30H35FN4O7S/c1-20-11-16-25(17-27(20)35(38)39)43(40,41)34(23-12-14-24(42-6)15-13-23)19-28(36)33(18-22-9-7-8-10-26(22)31)21(2)29(37)32-30(3,4)5/h7-17,21H,18-19H2,1-6H3,(H,32,37)/t21-/m0/s1. The fraction of sp³-hybridized carbons (Fsp3) is 0.333. The Morgan fingerprint density at radius 1 is 1.07 bits per heavy atom. The summed E-state index contributed by atoms with van der Waals surface area (Å²) in [4.78, 5) is 38.7. The topological polar surface area (TPSA) is 139 Å². The van der Waals surface area contributed by atoms with Gasteiger partial charge in [0.1, 0.15) is 24.2 Å². The van der Waals surface area contributed by atoms with Crippen LogP contribution in [0.15, 0.2) is 71.6 Å². The van der Waals surface area contributed by atoms with Crippen LogP contribution in [0.3, 0.4) is 0 Å². The van der Waals surface area contributed by atoms with Gasteiger partial charge in [-0.05, 0) is 71.0 Å². The van der Waals surface area contributed by atoms with Gasteiger partial charge in [0.25, 0.3) is 15.7 Å². The first-order valence-corrected chi connectivity index (χ1v) is 14.8. The molecule has 11 nitrogen and oxygen atoms in total. The van der Waals surface area contributed by atoms with Gasteiger partial charge in [-0.2, -0.15) is 0 Å². The van der Waals surface area contributed by atoms with E-state index in [0.717, 1.165) is 15.3 Å². The Balaban J connectivity index is 2.11. The number of carbonyl (C=O) groups is 2. The molecule has 0 spiro atoms. The van der Waals surface area contributed by atoms with Gasteiger partial charge in [-0.15, -0.1) is 0 Å². The summed E-state index contributed by atoms with van der Waals surface area (Å²) in [7, 11) is -3.13. The number of anilines is 1. The number of nitro groups is 1. The predicted molar refractivity (Wildman–Crippen MR) is 160 cm³/mol. The highest BCUT2D eigenvalue weighted by molar-refractivity contribution is 7.92. The molecule has 3 aromatic rings. The van der Waals surface area contributed by atoms with E-state index < -0.39 is 61.3 Å². The molecule has 0 aliphatic rings. The SMILES string of the molecule is COc1ccc(N(CC(=O)N(Cc2ccccc2F)[C@@H](C)C(=O)NC(C)(C)C)S(=O)(=O)c2ccc(C)c([N+](=O)[O-])c2)cc1. The molecule has 0 unspecified atom stereocenters. The van der Waals surface area contributed by atoms with E-state index >= 15 is 0 Å². The number of hydrogen-bond acceptors (Lipinski definition) is 7. The van der Waals surface area contributed by atoms with E-state index in [4.69, 9.17) is 4.74 Å². The van der Waals surface area contributed by atoms with Gasteiger partial charge in [0.05, 0.1) is 22.6 Å². The van der Waals surface area contributed by atoms with E-state index in [-0.39, 0.29) is 23.4 Å². The first-order valence-electron chi connectivity index (χ1n) is 13.3. The van der Waals surface area contributed by atoms with E-state index in [0.29, 0.717) is 5.75 Å². The van der Waals surface area contributed by atoms with Crippen molar-refractivity contribution in [1.82, 2.24) is 10.2 Å². The first-order chi connectivity index (χ1) is 20.0. The minimum Gasteiger partial charge on any atom is -0.497 e. The Bertz CT molecular complexity index is 1610. The maximum absolute atomic E-state index is 14.7. The van der Waals surface area contributed by atoms with E-state index in [1.54, 1.807) is 26.8 Å². The maximum atomic E-state index is 14.7. The highest BCUT2D eigenvalue weighted by Crippen LogP contribution is 2.29. The second-order valence-corrected chi connectivity index (χ2v) is 12.8. The molecule has 0 aromatic heterocycles. The minimum absolute atomic E-state index is 0.0648. The number of ether oxygens (including phenoxy) is 1. The van der Waals surface area contributed by atoms with Gasteiger partial charge in [-0.1, -0.05) is 24.3 Å². The zero-order valence-corrected chi connectivity index (χ0v) is 25.6. The van der Waals surface area contributed by atoms with Crippen LogP contribution < -0.4 is 14.4 Å². The molecule has 1 atom stereocenters. The molecule has 0 aliphatic carbocycles. The summed E-state index contributed by atoms with van der Waals surface area (Å²) >= 11 is 0. The highest BCUT2D eigenvalue weighted by Gasteiger charge is 2.34. The van der Waals surface area contributed by atoms with Gasteiger partial charge in [-0.3, -0.25) is 24.0 Å². The van der Waals surface area contributed by atoms with Crippen molar-refractivity contribution in [3.63, 3.8) is 0 Å². The fourth-order valence-electron chi connectivity index (χ4n) is 4.22. The minimum atomic E-state index is -4.56. The number of methoxy groups -OCH3 is 1. The van der Waals surface area contributed by atoms with Crippen LogP contribution in [-0.4, -0.2) is 55.3 Å². The number of nitrogens with one attached hydrogen (secondary N) is 1. The first kappa shape index (κ1) is 33.0. The molecule has 1 N–H and O–H groups in total. The molecule has 0 saturated carbocycles. The number of carbonyl (C=O) groups excluding carboxylic acids is 2. The quantitative estimate of drug-likeness (QED) is 0.246. The number of benzene rings is 3. The molecule has 230 valence electrons. The molecule has 2 amide bonds. The Hall–Kier alpha value is -4.52. The molecular weight excluding hydrogens is 579 g/mol. The summed E-state index contributed by atoms with van der Waals surface area (Å²) in [6.07, 6.45) is 0. The molecule has 0 saturated heterocycles. The molecule has 0 fully saturated rings. The highest BCUT2D eigenvalue weighted by atomic mass is 32.2. The molecule has 0 aliphatic heterocycles. The van der Waals surface area contributed by atoms with Crippen LogP contribution in [-0.2, 0) is 26.2 Å². The summed E-state index contributed by atoms with van der Waals surface area (Å²) < 4.78 is 48.6. The number of nitrogens with zero attached hydrogens (tertiary/aromatic N) is 3. The largest absolute Gasteiger partial charge is 0.497 e. The Morgan fingerprint density at radius 2 is 1.70 bits per heavy atom. The predicted octanol–water partition coefficient (Wildman–Crippen LogP) is 4.58. The summed E-state index contributed by atoms with van der Waals surface area (Å²) in [6, 6.07) is 13.9. The van der Waals surface area contributed by atoms with Crippen molar-refractivity contribution in [2.75, 3.05) is 18.0 Å². The van der Waals surface area contributed by atoms with Crippen molar-refractivity contribution < 1.29 is 32.1 Å². The molecule has 43 heavy (non-hydrogen) atoms. The Labute approximate surface area is 250 Å². The molecule has 3 rings (SSSR count). The van der Waals surface area contributed by atoms with E-state index in [2.05, 4.69) is 5.32 Å². The summed E-state index contributed by atoms with van der Waals surface area (Å²) in [5, 5.41) is 14.4. The average molecular weight is 615 g/mol. The zero-order chi connectivity index (χ0) is 32.1. The van der Waals surface area contributed by atoms with Crippen LogP contribution in [0.4, 0.5) is 15.8 Å². The van der Waals surface area contributed by atoms with Crippen LogP contribution in [0.5, 0.6) is 5.75 Å². The summed E-state index contributed by atoms with van der Waals surface area (Å²) in [5.41, 5.74) is -0.604. The van der Waals surface area contributed by atoms with E-state index in [9.17, 15) is 32.5 Å². The third-order valence-electron chi connectivity index (χ3n) is 6.57. The van der Waals surface area contributed by atoms with Crippen LogP contribution in [0.1, 0.15) is 38.8 Å². The van der Waals surface area contributed by atoms with Crippen molar-refractivity contribution in [2.45, 2.75) is 57.6 Å². The summed E-state index contributed by atoms with van der Waals surface area (Å²) in [6.45, 7) is 7.12. The summed E-state index contributed by atoms with van der Waals surface area (Å²) in [5.74, 6) is -1.51. The van der Waals surface area contributed by atoms with Crippen LogP contribution >= 0.6 is 0 Å². The molecule has 0 heterocycles. The van der Waals surface area contributed by atoms with Gasteiger partial charge < -0.3 is 15.0 Å². The number of hydrogen-bond donors (Lipinski definition) is 1. The van der Waals surface area contributed by atoms with Crippen molar-refractivity contribution in [3.05, 3.63) is 93.8 Å². The number of nitro benzene ring substituents is 1. The number of amides is 2. The van der Waals surface area contributed by atoms with E-state index in [1.807, 2.05) is 0 Å². The van der Waals surface area contributed by atoms with Crippen molar-refractivity contribution in [1.29, 1.82) is 0 Å². The lowest BCUT2D eigenvalue weighted by molar-refractivity contribution is -0.385. The molecule has 0 radical (unpaired) electrons. The lowest BCUT2D eigenvalue weighted by Crippen LogP contribution is -2.54. The van der Waals surface area contributed by atoms with Gasteiger partial charge in [0.15, 0.2) is 0 Å². The van der Waals surface area contributed by atoms with Gasteiger partial charge >= 0.3 is 0 Å². The lowest BCUT2D eigenvalue weighted by atomic mass is 10.1. The number of sulfonamides is 1. The van der Waals surface area contributed by atoms with Crippen LogP contribution in [0, 0.1) is 22.9 Å². The second kappa shape index (κ2) is 13.2.